The summed E-state index contributed by atoms with van der Waals surface area (Å²) in [6.07, 6.45) is 0.850. The molecule has 0 radical (unpaired) electrons. The summed E-state index contributed by atoms with van der Waals surface area (Å²) < 4.78 is 11.0. The SMILES string of the molecule is COc1ccc2c(c1)[C@H](C(=O)N(C)CCCOc1cccc(C)c1)CC(=O)N2. The second kappa shape index (κ2) is 8.78. The lowest BCUT2D eigenvalue weighted by Gasteiger charge is -2.29. The predicted octanol–water partition coefficient (Wildman–Crippen LogP) is 3.36. The number of ether oxygens (including phenoxy) is 2. The van der Waals surface area contributed by atoms with E-state index in [1.54, 1.807) is 31.2 Å². The second-order valence-corrected chi connectivity index (χ2v) is 7.04. The third-order valence-corrected chi connectivity index (χ3v) is 4.87. The van der Waals surface area contributed by atoms with Crippen molar-refractivity contribution in [3.05, 3.63) is 53.6 Å². The van der Waals surface area contributed by atoms with E-state index in [0.29, 0.717) is 31.0 Å². The van der Waals surface area contributed by atoms with E-state index in [-0.39, 0.29) is 18.2 Å². The molecule has 0 aromatic heterocycles. The molecule has 1 aliphatic heterocycles. The lowest BCUT2D eigenvalue weighted by Crippen LogP contribution is -2.37. The van der Waals surface area contributed by atoms with Crippen LogP contribution in [0.4, 0.5) is 5.69 Å². The molecule has 0 fully saturated rings. The summed E-state index contributed by atoms with van der Waals surface area (Å²) in [5.74, 6) is 0.787. The molecule has 2 amide bonds. The fourth-order valence-electron chi connectivity index (χ4n) is 3.36. The Hall–Kier alpha value is -3.02. The summed E-state index contributed by atoms with van der Waals surface area (Å²) >= 11 is 0. The highest BCUT2D eigenvalue weighted by Gasteiger charge is 2.32. The molecule has 6 nitrogen and oxygen atoms in total. The first kappa shape index (κ1) is 19.7. The predicted molar refractivity (Wildman–Crippen MR) is 108 cm³/mol. The van der Waals surface area contributed by atoms with Gasteiger partial charge in [0.2, 0.25) is 11.8 Å². The van der Waals surface area contributed by atoms with Crippen molar-refractivity contribution in [2.24, 2.45) is 0 Å². The highest BCUT2D eigenvalue weighted by atomic mass is 16.5. The van der Waals surface area contributed by atoms with Gasteiger partial charge in [-0.2, -0.15) is 0 Å². The van der Waals surface area contributed by atoms with Crippen LogP contribution < -0.4 is 14.8 Å². The average Bonchev–Trinajstić information content (AvgIpc) is 2.69. The Morgan fingerprint density at radius 3 is 2.79 bits per heavy atom. The van der Waals surface area contributed by atoms with Crippen LogP contribution in [-0.2, 0) is 9.59 Å². The summed E-state index contributed by atoms with van der Waals surface area (Å²) in [6.45, 7) is 3.10. The van der Waals surface area contributed by atoms with Crippen LogP contribution in [0.25, 0.3) is 0 Å². The third kappa shape index (κ3) is 4.63. The van der Waals surface area contributed by atoms with Crippen LogP contribution in [0.3, 0.4) is 0 Å². The van der Waals surface area contributed by atoms with Gasteiger partial charge in [-0.1, -0.05) is 12.1 Å². The Balaban J connectivity index is 1.59. The molecule has 0 aliphatic carbocycles. The smallest absolute Gasteiger partial charge is 0.230 e. The molecule has 28 heavy (non-hydrogen) atoms. The summed E-state index contributed by atoms with van der Waals surface area (Å²) in [5, 5.41) is 2.82. The molecule has 1 atom stereocenters. The molecule has 2 aromatic carbocycles. The molecule has 0 bridgehead atoms. The van der Waals surface area contributed by atoms with E-state index in [1.807, 2.05) is 37.3 Å². The van der Waals surface area contributed by atoms with Crippen LogP contribution in [-0.4, -0.2) is 44.0 Å². The number of nitrogens with zero attached hydrogens (tertiary/aromatic N) is 1. The zero-order chi connectivity index (χ0) is 20.1. The molecule has 1 heterocycles. The van der Waals surface area contributed by atoms with Gasteiger partial charge in [-0.05, 0) is 54.8 Å². The van der Waals surface area contributed by atoms with Crippen molar-refractivity contribution in [2.45, 2.75) is 25.7 Å². The molecular weight excluding hydrogens is 356 g/mol. The minimum atomic E-state index is -0.499. The van der Waals surface area contributed by atoms with Gasteiger partial charge < -0.3 is 19.7 Å². The largest absolute Gasteiger partial charge is 0.497 e. The number of carbonyl (C=O) groups is 2. The number of benzene rings is 2. The number of hydrogen-bond donors (Lipinski definition) is 1. The number of anilines is 1. The van der Waals surface area contributed by atoms with E-state index < -0.39 is 5.92 Å². The van der Waals surface area contributed by atoms with Crippen molar-refractivity contribution in [3.63, 3.8) is 0 Å². The van der Waals surface area contributed by atoms with Crippen LogP contribution in [0.1, 0.15) is 29.9 Å². The monoisotopic (exact) mass is 382 g/mol. The molecule has 0 saturated carbocycles. The maximum Gasteiger partial charge on any atom is 0.230 e. The summed E-state index contributed by atoms with van der Waals surface area (Å²) in [5.41, 5.74) is 2.62. The summed E-state index contributed by atoms with van der Waals surface area (Å²) in [7, 11) is 3.35. The topological polar surface area (TPSA) is 67.9 Å². The third-order valence-electron chi connectivity index (χ3n) is 4.87. The number of likely N-dealkylation sites (N-methyl/N-ethyl adjacent to an activating group) is 1. The molecule has 148 valence electrons. The molecular formula is C22H26N2O4. The van der Waals surface area contributed by atoms with Crippen molar-refractivity contribution < 1.29 is 19.1 Å². The van der Waals surface area contributed by atoms with Crippen LogP contribution in [0.15, 0.2) is 42.5 Å². The number of methoxy groups -OCH3 is 1. The van der Waals surface area contributed by atoms with Gasteiger partial charge in [0.1, 0.15) is 11.5 Å². The molecule has 0 spiro atoms. The van der Waals surface area contributed by atoms with E-state index in [0.717, 1.165) is 16.9 Å². The highest BCUT2D eigenvalue weighted by molar-refractivity contribution is 6.01. The van der Waals surface area contributed by atoms with Gasteiger partial charge in [-0.15, -0.1) is 0 Å². The van der Waals surface area contributed by atoms with E-state index in [4.69, 9.17) is 9.47 Å². The maximum absolute atomic E-state index is 13.0. The van der Waals surface area contributed by atoms with Crippen molar-refractivity contribution >= 4 is 17.5 Å². The molecule has 0 saturated heterocycles. The van der Waals surface area contributed by atoms with E-state index in [1.165, 1.54) is 0 Å². The minimum Gasteiger partial charge on any atom is -0.497 e. The van der Waals surface area contributed by atoms with E-state index in [2.05, 4.69) is 5.32 Å². The highest BCUT2D eigenvalue weighted by Crippen LogP contribution is 2.35. The normalized spacial score (nSPS) is 15.4. The van der Waals surface area contributed by atoms with Crippen LogP contribution in [0, 0.1) is 6.92 Å². The van der Waals surface area contributed by atoms with Crippen molar-refractivity contribution in [3.8, 4) is 11.5 Å². The fraction of sp³-hybridized carbons (Fsp3) is 0.364. The van der Waals surface area contributed by atoms with Gasteiger partial charge in [0.15, 0.2) is 0 Å². The zero-order valence-electron chi connectivity index (χ0n) is 16.5. The quantitative estimate of drug-likeness (QED) is 0.746. The molecule has 1 aliphatic rings. The van der Waals surface area contributed by atoms with Crippen LogP contribution in [0.2, 0.25) is 0 Å². The zero-order valence-corrected chi connectivity index (χ0v) is 16.5. The van der Waals surface area contributed by atoms with E-state index in [9.17, 15) is 9.59 Å². The van der Waals surface area contributed by atoms with Gasteiger partial charge in [-0.3, -0.25) is 9.59 Å². The van der Waals surface area contributed by atoms with Crippen LogP contribution >= 0.6 is 0 Å². The lowest BCUT2D eigenvalue weighted by molar-refractivity contribution is -0.133. The number of hydrogen-bond acceptors (Lipinski definition) is 4. The van der Waals surface area contributed by atoms with Crippen LogP contribution in [0.5, 0.6) is 11.5 Å². The van der Waals surface area contributed by atoms with Crippen molar-refractivity contribution in [1.29, 1.82) is 0 Å². The Kier molecular flexibility index (Phi) is 6.19. The van der Waals surface area contributed by atoms with Gasteiger partial charge in [-0.25, -0.2) is 0 Å². The summed E-state index contributed by atoms with van der Waals surface area (Å²) in [4.78, 5) is 26.7. The molecule has 0 unspecified atom stereocenters. The van der Waals surface area contributed by atoms with Gasteiger partial charge in [0, 0.05) is 25.7 Å². The molecule has 1 N–H and O–H groups in total. The Bertz CT molecular complexity index is 865. The maximum atomic E-state index is 13.0. The first-order chi connectivity index (χ1) is 13.5. The number of amides is 2. The lowest BCUT2D eigenvalue weighted by atomic mass is 9.89. The Morgan fingerprint density at radius 2 is 2.04 bits per heavy atom. The number of aryl methyl sites for hydroxylation is 1. The number of carbonyl (C=O) groups excluding carboxylic acids is 2. The minimum absolute atomic E-state index is 0.0695. The fourth-order valence-corrected chi connectivity index (χ4v) is 3.36. The average molecular weight is 382 g/mol. The number of rotatable bonds is 7. The Labute approximate surface area is 165 Å². The molecule has 3 rings (SSSR count). The molecule has 2 aromatic rings. The first-order valence-electron chi connectivity index (χ1n) is 9.40. The number of fused-ring (bicyclic) bond motifs is 1. The first-order valence-corrected chi connectivity index (χ1v) is 9.40. The van der Waals surface area contributed by atoms with E-state index >= 15 is 0 Å². The van der Waals surface area contributed by atoms with Gasteiger partial charge in [0.05, 0.1) is 19.6 Å². The standard InChI is InChI=1S/C22H26N2O4/c1-15-6-4-7-17(12-15)28-11-5-10-24(2)22(26)19-14-21(25)23-20-9-8-16(27-3)13-18(19)20/h4,6-9,12-13,19H,5,10-11,14H2,1-3H3,(H,23,25)/t19-/m1/s1. The van der Waals surface area contributed by atoms with Gasteiger partial charge in [0.25, 0.3) is 0 Å². The summed E-state index contributed by atoms with van der Waals surface area (Å²) in [6, 6.07) is 13.3. The second-order valence-electron chi connectivity index (χ2n) is 7.04. The number of nitrogens with one attached hydrogen (secondary N) is 1. The van der Waals surface area contributed by atoms with Crippen molar-refractivity contribution in [1.82, 2.24) is 4.90 Å². The van der Waals surface area contributed by atoms with Gasteiger partial charge >= 0.3 is 0 Å². The molecule has 6 heteroatoms. The van der Waals surface area contributed by atoms with Crippen molar-refractivity contribution in [2.75, 3.05) is 32.6 Å². The Morgan fingerprint density at radius 1 is 1.21 bits per heavy atom.